The van der Waals surface area contributed by atoms with Gasteiger partial charge in [0, 0.05) is 17.0 Å². The first-order chi connectivity index (χ1) is 15.3. The number of rotatable bonds is 7. The molecule has 2 aromatic heterocycles. The van der Waals surface area contributed by atoms with Gasteiger partial charge in [0.15, 0.2) is 0 Å². The van der Waals surface area contributed by atoms with Gasteiger partial charge in [-0.1, -0.05) is 24.3 Å². The van der Waals surface area contributed by atoms with Crippen LogP contribution in [0.4, 0.5) is 5.69 Å². The monoisotopic (exact) mass is 451 g/mol. The number of hydrogen-bond acceptors (Lipinski definition) is 7. The standard InChI is InChI=1S/C23H21N3O5S/c1-14-6-7-16(8-15(14)2)20-12-32-22-21(20)23(28)25(13-24-22)10-18(27)11-31-19-5-3-4-17(9-19)26(29)30/h3-9,12-13,18,27H,10-11H2,1-2H3. The predicted octanol–water partition coefficient (Wildman–Crippen LogP) is 4.09. The number of nitro benzene ring substituents is 1. The number of aryl methyl sites for hydroxylation is 2. The smallest absolute Gasteiger partial charge is 0.273 e. The quantitative estimate of drug-likeness (QED) is 0.335. The fourth-order valence-electron chi connectivity index (χ4n) is 3.38. The third-order valence-corrected chi connectivity index (χ3v) is 6.14. The van der Waals surface area contributed by atoms with Crippen molar-refractivity contribution in [3.63, 3.8) is 0 Å². The highest BCUT2D eigenvalue weighted by Crippen LogP contribution is 2.31. The van der Waals surface area contributed by atoms with Crippen molar-refractivity contribution in [2.45, 2.75) is 26.5 Å². The minimum Gasteiger partial charge on any atom is -0.491 e. The van der Waals surface area contributed by atoms with Crippen molar-refractivity contribution < 1.29 is 14.8 Å². The van der Waals surface area contributed by atoms with Crippen LogP contribution in [-0.2, 0) is 6.54 Å². The van der Waals surface area contributed by atoms with Crippen LogP contribution in [0.25, 0.3) is 21.3 Å². The number of nitro groups is 1. The molecule has 9 heteroatoms. The van der Waals surface area contributed by atoms with Gasteiger partial charge in [-0.3, -0.25) is 19.5 Å². The molecule has 0 aliphatic rings. The molecule has 164 valence electrons. The molecule has 0 bridgehead atoms. The van der Waals surface area contributed by atoms with E-state index >= 15 is 0 Å². The second-order valence-electron chi connectivity index (χ2n) is 7.55. The lowest BCUT2D eigenvalue weighted by atomic mass is 10.0. The van der Waals surface area contributed by atoms with Crippen molar-refractivity contribution in [3.8, 4) is 16.9 Å². The van der Waals surface area contributed by atoms with Gasteiger partial charge in [0.25, 0.3) is 11.2 Å². The summed E-state index contributed by atoms with van der Waals surface area (Å²) >= 11 is 1.41. The molecular formula is C23H21N3O5S. The van der Waals surface area contributed by atoms with E-state index in [4.69, 9.17) is 4.74 Å². The number of nitrogens with zero attached hydrogens (tertiary/aromatic N) is 3. The molecule has 0 spiro atoms. The maximum absolute atomic E-state index is 13.2. The molecule has 32 heavy (non-hydrogen) atoms. The molecule has 0 aliphatic carbocycles. The molecule has 2 aromatic carbocycles. The first kappa shape index (κ1) is 21.7. The van der Waals surface area contributed by atoms with E-state index in [0.717, 1.165) is 16.7 Å². The summed E-state index contributed by atoms with van der Waals surface area (Å²) in [6.07, 6.45) is 0.414. The topological polar surface area (TPSA) is 107 Å². The average Bonchev–Trinajstić information content (AvgIpc) is 3.21. The van der Waals surface area contributed by atoms with Gasteiger partial charge in [-0.2, -0.15) is 0 Å². The van der Waals surface area contributed by atoms with Crippen molar-refractivity contribution in [3.05, 3.63) is 85.8 Å². The zero-order chi connectivity index (χ0) is 22.8. The van der Waals surface area contributed by atoms with Crippen LogP contribution in [0.1, 0.15) is 11.1 Å². The largest absolute Gasteiger partial charge is 0.491 e. The molecule has 0 saturated heterocycles. The third-order valence-electron chi connectivity index (χ3n) is 5.26. The average molecular weight is 452 g/mol. The molecule has 1 unspecified atom stereocenters. The van der Waals surface area contributed by atoms with E-state index < -0.39 is 11.0 Å². The molecule has 0 aliphatic heterocycles. The number of benzene rings is 2. The van der Waals surface area contributed by atoms with Gasteiger partial charge < -0.3 is 9.84 Å². The Morgan fingerprint density at radius 2 is 2.03 bits per heavy atom. The Morgan fingerprint density at radius 1 is 1.22 bits per heavy atom. The number of hydrogen-bond donors (Lipinski definition) is 1. The second kappa shape index (κ2) is 8.89. The third kappa shape index (κ3) is 4.39. The van der Waals surface area contributed by atoms with E-state index in [1.807, 2.05) is 31.4 Å². The van der Waals surface area contributed by atoms with Crippen molar-refractivity contribution >= 4 is 27.2 Å². The molecule has 0 radical (unpaired) electrons. The van der Waals surface area contributed by atoms with E-state index in [0.29, 0.717) is 10.2 Å². The highest BCUT2D eigenvalue weighted by Gasteiger charge is 2.16. The highest BCUT2D eigenvalue weighted by molar-refractivity contribution is 7.17. The summed E-state index contributed by atoms with van der Waals surface area (Å²) in [5.74, 6) is 0.272. The molecule has 4 aromatic rings. The van der Waals surface area contributed by atoms with Crippen molar-refractivity contribution in [1.29, 1.82) is 0 Å². The molecular weight excluding hydrogens is 430 g/mol. The molecule has 4 rings (SSSR count). The van der Waals surface area contributed by atoms with Crippen LogP contribution in [0.5, 0.6) is 5.75 Å². The molecule has 2 heterocycles. The molecule has 0 saturated carbocycles. The molecule has 1 atom stereocenters. The van der Waals surface area contributed by atoms with Crippen molar-refractivity contribution in [2.24, 2.45) is 0 Å². The maximum Gasteiger partial charge on any atom is 0.273 e. The van der Waals surface area contributed by atoms with E-state index in [2.05, 4.69) is 11.1 Å². The summed E-state index contributed by atoms with van der Waals surface area (Å²) in [5.41, 5.74) is 3.75. The molecule has 0 amide bonds. The Balaban J connectivity index is 1.55. The fourth-order valence-corrected chi connectivity index (χ4v) is 4.28. The lowest BCUT2D eigenvalue weighted by molar-refractivity contribution is -0.384. The molecule has 1 N–H and O–H groups in total. The number of fused-ring (bicyclic) bond motifs is 1. The zero-order valence-electron chi connectivity index (χ0n) is 17.5. The van der Waals surface area contributed by atoms with Crippen molar-refractivity contribution in [2.75, 3.05) is 6.61 Å². The minimum absolute atomic E-state index is 0.0150. The summed E-state index contributed by atoms with van der Waals surface area (Å²) in [6.45, 7) is 3.93. The van der Waals surface area contributed by atoms with Gasteiger partial charge in [-0.15, -0.1) is 11.3 Å². The number of thiophene rings is 1. The molecule has 0 fully saturated rings. The first-order valence-electron chi connectivity index (χ1n) is 9.93. The van der Waals surface area contributed by atoms with Gasteiger partial charge in [0.1, 0.15) is 23.3 Å². The van der Waals surface area contributed by atoms with Crippen LogP contribution in [0.15, 0.2) is 59.0 Å². The lowest BCUT2D eigenvalue weighted by Gasteiger charge is -2.14. The number of non-ortho nitro benzene ring substituents is 1. The Morgan fingerprint density at radius 3 is 2.78 bits per heavy atom. The summed E-state index contributed by atoms with van der Waals surface area (Å²) < 4.78 is 6.83. The number of aliphatic hydroxyl groups is 1. The fraction of sp³-hybridized carbons (Fsp3) is 0.217. The Bertz CT molecular complexity index is 1360. The molecule has 8 nitrogen and oxygen atoms in total. The van der Waals surface area contributed by atoms with Crippen LogP contribution in [0.2, 0.25) is 0 Å². The summed E-state index contributed by atoms with van der Waals surface area (Å²) in [4.78, 5) is 28.6. The highest BCUT2D eigenvalue weighted by atomic mass is 32.1. The number of aromatic nitrogens is 2. The normalized spacial score (nSPS) is 12.1. The Kier molecular flexibility index (Phi) is 6.02. The van der Waals surface area contributed by atoms with Crippen LogP contribution >= 0.6 is 11.3 Å². The number of ether oxygens (including phenoxy) is 1. The van der Waals surface area contributed by atoms with Gasteiger partial charge in [-0.05, 0) is 36.6 Å². The van der Waals surface area contributed by atoms with E-state index in [1.54, 1.807) is 6.07 Å². The maximum atomic E-state index is 13.2. The van der Waals surface area contributed by atoms with Gasteiger partial charge in [-0.25, -0.2) is 4.98 Å². The SMILES string of the molecule is Cc1ccc(-c2csc3ncn(CC(O)COc4cccc([N+](=O)[O-])c4)c(=O)c23)cc1C. The van der Waals surface area contributed by atoms with Crippen LogP contribution in [-0.4, -0.2) is 32.3 Å². The first-order valence-corrected chi connectivity index (χ1v) is 10.8. The van der Waals surface area contributed by atoms with Crippen LogP contribution < -0.4 is 10.3 Å². The Hall–Kier alpha value is -3.56. The summed E-state index contributed by atoms with van der Waals surface area (Å²) in [7, 11) is 0. The Labute approximate surface area is 187 Å². The number of aliphatic hydroxyl groups excluding tert-OH is 1. The van der Waals surface area contributed by atoms with Crippen LogP contribution in [0.3, 0.4) is 0 Å². The second-order valence-corrected chi connectivity index (χ2v) is 8.41. The van der Waals surface area contributed by atoms with Crippen LogP contribution in [0, 0.1) is 24.0 Å². The van der Waals surface area contributed by atoms with Gasteiger partial charge in [0.05, 0.1) is 29.2 Å². The van der Waals surface area contributed by atoms with E-state index in [1.165, 1.54) is 46.0 Å². The predicted molar refractivity (Wildman–Crippen MR) is 123 cm³/mol. The lowest BCUT2D eigenvalue weighted by Crippen LogP contribution is -2.30. The summed E-state index contributed by atoms with van der Waals surface area (Å²) in [6, 6.07) is 11.8. The van der Waals surface area contributed by atoms with Crippen molar-refractivity contribution in [1.82, 2.24) is 9.55 Å². The zero-order valence-corrected chi connectivity index (χ0v) is 18.3. The summed E-state index contributed by atoms with van der Waals surface area (Å²) in [5, 5.41) is 23.7. The van der Waals surface area contributed by atoms with E-state index in [9.17, 15) is 20.0 Å². The van der Waals surface area contributed by atoms with Gasteiger partial charge >= 0.3 is 0 Å². The minimum atomic E-state index is -1.00. The van der Waals surface area contributed by atoms with Gasteiger partial charge in [0.2, 0.25) is 0 Å². The van der Waals surface area contributed by atoms with E-state index in [-0.39, 0.29) is 30.1 Å².